The Morgan fingerprint density at radius 2 is 1.88 bits per heavy atom. The van der Waals surface area contributed by atoms with Crippen LogP contribution >= 0.6 is 0 Å². The highest BCUT2D eigenvalue weighted by atomic mass is 16.2. The zero-order valence-electron chi connectivity index (χ0n) is 9.04. The number of allylic oxidation sites excluding steroid dienone is 2. The normalized spacial score (nSPS) is 27.6. The van der Waals surface area contributed by atoms with Crippen LogP contribution in [-0.4, -0.2) is 37.3 Å². The number of nitrogens with one attached hydrogen (secondary N) is 1. The molecule has 2 unspecified atom stereocenters. The quantitative estimate of drug-likeness (QED) is 0.557. The summed E-state index contributed by atoms with van der Waals surface area (Å²) >= 11 is 0. The maximum Gasteiger partial charge on any atom is 0.233 e. The maximum absolute atomic E-state index is 12.1. The first-order valence-electron chi connectivity index (χ1n) is 5.50. The Morgan fingerprint density at radius 3 is 2.41 bits per heavy atom. The van der Waals surface area contributed by atoms with Gasteiger partial charge in [-0.05, 0) is 12.8 Å². The Hall–Kier alpha value is -2.05. The van der Waals surface area contributed by atoms with Crippen LogP contribution in [-0.2, 0) is 16.1 Å². The van der Waals surface area contributed by atoms with Gasteiger partial charge in [0, 0.05) is 0 Å². The summed E-state index contributed by atoms with van der Waals surface area (Å²) < 4.78 is 0. The van der Waals surface area contributed by atoms with Crippen LogP contribution in [0.3, 0.4) is 0 Å². The summed E-state index contributed by atoms with van der Waals surface area (Å²) in [5.74, 6) is -0.264. The molecule has 0 aromatic carbocycles. The molecule has 1 fully saturated rings. The lowest BCUT2D eigenvalue weighted by molar-refractivity contribution is -0.140. The number of likely N-dealkylation sites (tertiary alicyclic amines) is 1. The third-order valence-corrected chi connectivity index (χ3v) is 3.29. The smallest absolute Gasteiger partial charge is 0.233 e. The summed E-state index contributed by atoms with van der Waals surface area (Å²) in [5.41, 5.74) is 0. The minimum absolute atomic E-state index is 0.112. The number of hydrogen-bond donors (Lipinski definition) is 1. The standard InChI is InChI=1S/C10H11N5O2/c16-9-6-3-1-2-4-7(6)10(17)15(9)5-8-11-13-14-12-8/h1-2,6-7H,3-5H2,(H,11,12,13,14). The molecular weight excluding hydrogens is 222 g/mol. The van der Waals surface area contributed by atoms with E-state index in [0.717, 1.165) is 0 Å². The molecule has 1 N–H and O–H groups in total. The van der Waals surface area contributed by atoms with Crippen molar-refractivity contribution < 1.29 is 9.59 Å². The maximum atomic E-state index is 12.1. The molecule has 0 radical (unpaired) electrons. The predicted octanol–water partition coefficient (Wildman–Crippen LogP) is -0.349. The van der Waals surface area contributed by atoms with Gasteiger partial charge < -0.3 is 0 Å². The first-order chi connectivity index (χ1) is 8.27. The second-order valence-electron chi connectivity index (χ2n) is 4.25. The highest BCUT2D eigenvalue weighted by Gasteiger charge is 2.47. The van der Waals surface area contributed by atoms with E-state index < -0.39 is 0 Å². The molecule has 1 aliphatic carbocycles. The average molecular weight is 233 g/mol. The van der Waals surface area contributed by atoms with Gasteiger partial charge >= 0.3 is 0 Å². The summed E-state index contributed by atoms with van der Waals surface area (Å²) in [6.45, 7) is 0.112. The highest BCUT2D eigenvalue weighted by molar-refractivity contribution is 6.05. The molecule has 1 aliphatic heterocycles. The molecule has 0 saturated carbocycles. The first-order valence-corrected chi connectivity index (χ1v) is 5.50. The molecule has 1 saturated heterocycles. The lowest BCUT2D eigenvalue weighted by Crippen LogP contribution is -2.31. The molecule has 17 heavy (non-hydrogen) atoms. The van der Waals surface area contributed by atoms with E-state index in [0.29, 0.717) is 18.7 Å². The molecular formula is C10H11N5O2. The van der Waals surface area contributed by atoms with Gasteiger partial charge in [0.1, 0.15) is 0 Å². The van der Waals surface area contributed by atoms with Crippen LogP contribution in [0.1, 0.15) is 18.7 Å². The molecule has 3 rings (SSSR count). The number of carbonyl (C=O) groups excluding carboxylic acids is 2. The largest absolute Gasteiger partial charge is 0.274 e. The van der Waals surface area contributed by atoms with E-state index in [1.165, 1.54) is 4.90 Å². The lowest BCUT2D eigenvalue weighted by atomic mass is 9.85. The predicted molar refractivity (Wildman–Crippen MR) is 55.1 cm³/mol. The number of hydrogen-bond acceptors (Lipinski definition) is 5. The van der Waals surface area contributed by atoms with Crippen LogP contribution in [0.4, 0.5) is 0 Å². The minimum atomic E-state index is -0.195. The van der Waals surface area contributed by atoms with Crippen LogP contribution in [0.25, 0.3) is 0 Å². The molecule has 0 spiro atoms. The first kappa shape index (κ1) is 10.1. The van der Waals surface area contributed by atoms with E-state index in [2.05, 4.69) is 20.6 Å². The van der Waals surface area contributed by atoms with E-state index in [-0.39, 0.29) is 30.2 Å². The third kappa shape index (κ3) is 1.54. The zero-order valence-corrected chi connectivity index (χ0v) is 9.04. The molecule has 1 aromatic heterocycles. The number of amides is 2. The number of aromatic amines is 1. The fraction of sp³-hybridized carbons (Fsp3) is 0.500. The van der Waals surface area contributed by atoms with Crippen LogP contribution in [0.15, 0.2) is 12.2 Å². The number of rotatable bonds is 2. The van der Waals surface area contributed by atoms with Gasteiger partial charge in [-0.3, -0.25) is 14.5 Å². The molecule has 0 bridgehead atoms. The van der Waals surface area contributed by atoms with Crippen LogP contribution < -0.4 is 0 Å². The summed E-state index contributed by atoms with van der Waals surface area (Å²) in [4.78, 5) is 25.4. The van der Waals surface area contributed by atoms with Crippen molar-refractivity contribution in [2.24, 2.45) is 11.8 Å². The Morgan fingerprint density at radius 1 is 1.24 bits per heavy atom. The molecule has 2 heterocycles. The van der Waals surface area contributed by atoms with Crippen LogP contribution in [0.2, 0.25) is 0 Å². The van der Waals surface area contributed by atoms with Gasteiger partial charge in [0.05, 0.1) is 18.4 Å². The molecule has 7 nitrogen and oxygen atoms in total. The van der Waals surface area contributed by atoms with E-state index >= 15 is 0 Å². The Balaban J connectivity index is 1.82. The van der Waals surface area contributed by atoms with Crippen molar-refractivity contribution in [3.63, 3.8) is 0 Å². The Kier molecular flexibility index (Phi) is 2.24. The van der Waals surface area contributed by atoms with Gasteiger partial charge in [0.15, 0.2) is 5.82 Å². The number of nitrogens with zero attached hydrogens (tertiary/aromatic N) is 4. The summed E-state index contributed by atoms with van der Waals surface area (Å²) in [5, 5.41) is 13.2. The van der Waals surface area contributed by atoms with Gasteiger partial charge in [-0.2, -0.15) is 5.21 Å². The fourth-order valence-corrected chi connectivity index (χ4v) is 2.42. The van der Waals surface area contributed by atoms with Crippen molar-refractivity contribution in [2.75, 3.05) is 0 Å². The van der Waals surface area contributed by atoms with Gasteiger partial charge in [-0.1, -0.05) is 17.4 Å². The van der Waals surface area contributed by atoms with E-state index in [1.54, 1.807) is 0 Å². The van der Waals surface area contributed by atoms with Crippen molar-refractivity contribution in [3.8, 4) is 0 Å². The second-order valence-corrected chi connectivity index (χ2v) is 4.25. The fourth-order valence-electron chi connectivity index (χ4n) is 2.42. The van der Waals surface area contributed by atoms with Crippen LogP contribution in [0, 0.1) is 11.8 Å². The lowest BCUT2D eigenvalue weighted by Gasteiger charge is -2.14. The van der Waals surface area contributed by atoms with Gasteiger partial charge in [0.2, 0.25) is 11.8 Å². The molecule has 1 aromatic rings. The topological polar surface area (TPSA) is 91.8 Å². The molecule has 2 atom stereocenters. The van der Waals surface area contributed by atoms with Gasteiger partial charge in [-0.15, -0.1) is 10.2 Å². The Bertz CT molecular complexity index is 455. The van der Waals surface area contributed by atoms with Crippen molar-refractivity contribution in [1.29, 1.82) is 0 Å². The number of carbonyl (C=O) groups is 2. The van der Waals surface area contributed by atoms with Crippen molar-refractivity contribution in [1.82, 2.24) is 25.5 Å². The summed E-state index contributed by atoms with van der Waals surface area (Å²) in [7, 11) is 0. The third-order valence-electron chi connectivity index (χ3n) is 3.29. The number of tetrazole rings is 1. The minimum Gasteiger partial charge on any atom is -0.274 e. The second kappa shape index (κ2) is 3.76. The molecule has 88 valence electrons. The zero-order chi connectivity index (χ0) is 11.8. The Labute approximate surface area is 96.9 Å². The van der Waals surface area contributed by atoms with Crippen molar-refractivity contribution >= 4 is 11.8 Å². The van der Waals surface area contributed by atoms with E-state index in [4.69, 9.17) is 0 Å². The molecule has 7 heteroatoms. The number of imide groups is 1. The molecule has 2 amide bonds. The van der Waals surface area contributed by atoms with Gasteiger partial charge in [0.25, 0.3) is 0 Å². The summed E-state index contributed by atoms with van der Waals surface area (Å²) in [6.07, 6.45) is 5.23. The molecule has 2 aliphatic rings. The number of aromatic nitrogens is 4. The van der Waals surface area contributed by atoms with E-state index in [1.807, 2.05) is 12.2 Å². The van der Waals surface area contributed by atoms with Crippen LogP contribution in [0.5, 0.6) is 0 Å². The highest BCUT2D eigenvalue weighted by Crippen LogP contribution is 2.35. The van der Waals surface area contributed by atoms with E-state index in [9.17, 15) is 9.59 Å². The van der Waals surface area contributed by atoms with Crippen molar-refractivity contribution in [3.05, 3.63) is 18.0 Å². The summed E-state index contributed by atoms with van der Waals surface area (Å²) in [6, 6.07) is 0. The monoisotopic (exact) mass is 233 g/mol. The van der Waals surface area contributed by atoms with Crippen molar-refractivity contribution in [2.45, 2.75) is 19.4 Å². The number of H-pyrrole nitrogens is 1. The average Bonchev–Trinajstić information content (AvgIpc) is 2.94. The number of fused-ring (bicyclic) bond motifs is 1. The van der Waals surface area contributed by atoms with Gasteiger partial charge in [-0.25, -0.2) is 0 Å². The SMILES string of the molecule is O=C1C2CC=CCC2C(=O)N1Cc1nn[nH]n1.